The first-order valence-corrected chi connectivity index (χ1v) is 10.5. The van der Waals surface area contributed by atoms with Crippen LogP contribution in [0, 0.1) is 11.8 Å². The number of thioether (sulfide) groups is 1. The van der Waals surface area contributed by atoms with Gasteiger partial charge >= 0.3 is 5.97 Å². The number of aliphatic carboxylic acids is 1. The Bertz CT molecular complexity index is 775. The molecule has 1 fully saturated rings. The zero-order valence-electron chi connectivity index (χ0n) is 14.2. The van der Waals surface area contributed by atoms with Crippen molar-refractivity contribution in [1.29, 1.82) is 0 Å². The van der Waals surface area contributed by atoms with Gasteiger partial charge in [-0.25, -0.2) is 4.98 Å². The quantitative estimate of drug-likeness (QED) is 0.717. The molecule has 2 atom stereocenters. The normalized spacial score (nSPS) is 20.5. The lowest BCUT2D eigenvalue weighted by Crippen LogP contribution is -2.36. The maximum atomic E-state index is 12.6. The summed E-state index contributed by atoms with van der Waals surface area (Å²) in [6, 6.07) is 5.68. The summed E-state index contributed by atoms with van der Waals surface area (Å²) >= 11 is 3.37. The predicted octanol–water partition coefficient (Wildman–Crippen LogP) is 4.63. The molecule has 0 bridgehead atoms. The molecule has 0 spiro atoms. The summed E-state index contributed by atoms with van der Waals surface area (Å²) in [7, 11) is 0. The van der Waals surface area contributed by atoms with E-state index in [0.717, 1.165) is 39.6 Å². The van der Waals surface area contributed by atoms with Gasteiger partial charge in [-0.1, -0.05) is 31.5 Å². The number of fused-ring (bicyclic) bond motifs is 1. The van der Waals surface area contributed by atoms with E-state index < -0.39 is 17.8 Å². The van der Waals surface area contributed by atoms with Crippen LogP contribution in [-0.4, -0.2) is 27.7 Å². The van der Waals surface area contributed by atoms with E-state index in [-0.39, 0.29) is 5.91 Å². The number of thiazole rings is 1. The number of rotatable bonds is 6. The van der Waals surface area contributed by atoms with E-state index in [0.29, 0.717) is 18.5 Å². The van der Waals surface area contributed by atoms with E-state index in [1.54, 1.807) is 23.1 Å². The molecule has 1 heterocycles. The Morgan fingerprint density at radius 1 is 1.32 bits per heavy atom. The van der Waals surface area contributed by atoms with Crippen molar-refractivity contribution in [3.05, 3.63) is 18.2 Å². The van der Waals surface area contributed by atoms with E-state index in [1.807, 2.05) is 18.2 Å². The van der Waals surface area contributed by atoms with E-state index in [2.05, 4.69) is 17.2 Å². The van der Waals surface area contributed by atoms with Crippen molar-refractivity contribution < 1.29 is 14.7 Å². The Morgan fingerprint density at radius 3 is 2.80 bits per heavy atom. The van der Waals surface area contributed by atoms with Crippen LogP contribution in [0.5, 0.6) is 0 Å². The molecule has 1 aromatic heterocycles. The molecule has 7 heteroatoms. The highest BCUT2D eigenvalue weighted by Crippen LogP contribution is 2.33. The third-order valence-corrected chi connectivity index (χ3v) is 6.85. The van der Waals surface area contributed by atoms with Crippen molar-refractivity contribution in [3.63, 3.8) is 0 Å². The van der Waals surface area contributed by atoms with Gasteiger partial charge in [-0.2, -0.15) is 0 Å². The number of carboxylic acid groups (broad SMARTS) is 1. The van der Waals surface area contributed by atoms with Crippen LogP contribution >= 0.6 is 23.1 Å². The van der Waals surface area contributed by atoms with Gasteiger partial charge in [0.1, 0.15) is 0 Å². The number of aromatic nitrogens is 1. The fourth-order valence-electron chi connectivity index (χ4n) is 3.21. The van der Waals surface area contributed by atoms with Crippen LogP contribution in [0.2, 0.25) is 0 Å². The Morgan fingerprint density at radius 2 is 2.08 bits per heavy atom. The van der Waals surface area contributed by atoms with E-state index in [1.165, 1.54) is 0 Å². The van der Waals surface area contributed by atoms with Crippen LogP contribution < -0.4 is 5.32 Å². The summed E-state index contributed by atoms with van der Waals surface area (Å²) in [6.07, 6.45) is 4.12. The van der Waals surface area contributed by atoms with Gasteiger partial charge in [0.15, 0.2) is 4.34 Å². The van der Waals surface area contributed by atoms with E-state index in [4.69, 9.17) is 0 Å². The lowest BCUT2D eigenvalue weighted by atomic mass is 9.78. The molecular weight excluding hydrogens is 356 g/mol. The number of amides is 1. The number of nitrogens with one attached hydrogen (secondary N) is 1. The largest absolute Gasteiger partial charge is 0.481 e. The second-order valence-corrected chi connectivity index (χ2v) is 8.71. The number of anilines is 1. The molecule has 0 aliphatic heterocycles. The summed E-state index contributed by atoms with van der Waals surface area (Å²) in [5.74, 6) is -1.02. The van der Waals surface area contributed by atoms with E-state index in [9.17, 15) is 14.7 Å². The molecule has 0 radical (unpaired) electrons. The molecule has 1 aromatic carbocycles. The van der Waals surface area contributed by atoms with Crippen LogP contribution in [0.15, 0.2) is 22.5 Å². The Labute approximate surface area is 155 Å². The maximum Gasteiger partial charge on any atom is 0.307 e. The molecule has 1 amide bonds. The fraction of sp³-hybridized carbons (Fsp3) is 0.500. The van der Waals surface area contributed by atoms with Crippen LogP contribution in [0.4, 0.5) is 5.69 Å². The minimum absolute atomic E-state index is 0.184. The number of hydrogen-bond donors (Lipinski definition) is 2. The number of carboxylic acids is 1. The molecule has 134 valence electrons. The van der Waals surface area contributed by atoms with Crippen molar-refractivity contribution >= 4 is 50.9 Å². The average molecular weight is 379 g/mol. The lowest BCUT2D eigenvalue weighted by molar-refractivity contribution is -0.147. The highest BCUT2D eigenvalue weighted by Gasteiger charge is 2.35. The highest BCUT2D eigenvalue weighted by molar-refractivity contribution is 8.01. The molecule has 0 saturated heterocycles. The first-order chi connectivity index (χ1) is 12.1. The molecular formula is C18H22N2O3S2. The molecule has 1 aliphatic carbocycles. The molecule has 1 saturated carbocycles. The van der Waals surface area contributed by atoms with Gasteiger partial charge in [-0.15, -0.1) is 11.3 Å². The summed E-state index contributed by atoms with van der Waals surface area (Å²) in [4.78, 5) is 28.6. The molecule has 2 N–H and O–H groups in total. The van der Waals surface area contributed by atoms with Crippen molar-refractivity contribution in [3.8, 4) is 0 Å². The third-order valence-electron chi connectivity index (χ3n) is 4.49. The van der Waals surface area contributed by atoms with Crippen molar-refractivity contribution in [2.24, 2.45) is 11.8 Å². The average Bonchev–Trinajstić information content (AvgIpc) is 3.02. The minimum Gasteiger partial charge on any atom is -0.481 e. The summed E-state index contributed by atoms with van der Waals surface area (Å²) in [5, 5.41) is 12.3. The van der Waals surface area contributed by atoms with Crippen molar-refractivity contribution in [2.45, 2.75) is 43.4 Å². The SMILES string of the molecule is CCCSc1nc2ccc(NC(=O)[C@H]3CCCC[C@@H]3C(=O)O)cc2s1. The second-order valence-electron chi connectivity index (χ2n) is 6.34. The molecule has 1 aliphatic rings. The van der Waals surface area contributed by atoms with Crippen molar-refractivity contribution in [1.82, 2.24) is 4.98 Å². The molecule has 3 rings (SSSR count). The van der Waals surface area contributed by atoms with Gasteiger partial charge in [-0.3, -0.25) is 9.59 Å². The zero-order chi connectivity index (χ0) is 17.8. The smallest absolute Gasteiger partial charge is 0.307 e. The molecule has 0 unspecified atom stereocenters. The van der Waals surface area contributed by atoms with Gasteiger partial charge in [0, 0.05) is 11.4 Å². The number of carbonyl (C=O) groups is 2. The van der Waals surface area contributed by atoms with Gasteiger partial charge < -0.3 is 10.4 Å². The second kappa shape index (κ2) is 8.19. The molecule has 25 heavy (non-hydrogen) atoms. The van der Waals surface area contributed by atoms with Crippen LogP contribution in [0.1, 0.15) is 39.0 Å². The van der Waals surface area contributed by atoms with E-state index >= 15 is 0 Å². The predicted molar refractivity (Wildman–Crippen MR) is 102 cm³/mol. The summed E-state index contributed by atoms with van der Waals surface area (Å²) in [6.45, 7) is 2.14. The minimum atomic E-state index is -0.865. The number of hydrogen-bond acceptors (Lipinski definition) is 5. The van der Waals surface area contributed by atoms with Gasteiger partial charge in [0.25, 0.3) is 0 Å². The Hall–Kier alpha value is -1.60. The zero-order valence-corrected chi connectivity index (χ0v) is 15.8. The molecule has 2 aromatic rings. The van der Waals surface area contributed by atoms with Gasteiger partial charge in [-0.05, 0) is 37.5 Å². The third kappa shape index (κ3) is 4.33. The Kier molecular flexibility index (Phi) is 5.96. The topological polar surface area (TPSA) is 79.3 Å². The number of benzene rings is 1. The fourth-order valence-corrected chi connectivity index (χ4v) is 5.24. The summed E-state index contributed by atoms with van der Waals surface area (Å²) in [5.41, 5.74) is 1.64. The van der Waals surface area contributed by atoms with Crippen LogP contribution in [0.3, 0.4) is 0 Å². The van der Waals surface area contributed by atoms with Crippen LogP contribution in [0.25, 0.3) is 10.2 Å². The number of carbonyl (C=O) groups excluding carboxylic acids is 1. The number of nitrogens with zero attached hydrogens (tertiary/aromatic N) is 1. The first-order valence-electron chi connectivity index (χ1n) is 8.65. The lowest BCUT2D eigenvalue weighted by Gasteiger charge is -2.27. The van der Waals surface area contributed by atoms with Crippen molar-refractivity contribution in [2.75, 3.05) is 11.1 Å². The Balaban J connectivity index is 1.73. The maximum absolute atomic E-state index is 12.6. The standard InChI is InChI=1S/C18H22N2O3S2/c1-2-9-24-18-20-14-8-7-11(10-15(14)25-18)19-16(21)12-5-3-4-6-13(12)17(22)23/h7-8,10,12-13H,2-6,9H2,1H3,(H,19,21)(H,22,23)/t12-,13-/m0/s1. The highest BCUT2D eigenvalue weighted by atomic mass is 32.2. The molecule has 5 nitrogen and oxygen atoms in total. The monoisotopic (exact) mass is 378 g/mol. The van der Waals surface area contributed by atoms with Crippen LogP contribution in [-0.2, 0) is 9.59 Å². The van der Waals surface area contributed by atoms with Gasteiger partial charge in [0.05, 0.1) is 22.1 Å². The van der Waals surface area contributed by atoms with Gasteiger partial charge in [0.2, 0.25) is 5.91 Å². The summed E-state index contributed by atoms with van der Waals surface area (Å²) < 4.78 is 2.08. The first kappa shape index (κ1) is 18.2.